The lowest BCUT2D eigenvalue weighted by atomic mass is 9.80. The smallest absolute Gasteiger partial charge is 0.128 e. The monoisotopic (exact) mass is 624 g/mol. The lowest BCUT2D eigenvalue weighted by Crippen LogP contribution is -2.15. The maximum atomic E-state index is 6.75. The molecule has 2 aliphatic rings. The van der Waals surface area contributed by atoms with Gasteiger partial charge in [0, 0.05) is 11.5 Å². The van der Waals surface area contributed by atoms with Crippen LogP contribution >= 0.6 is 0 Å². The van der Waals surface area contributed by atoms with Gasteiger partial charge in [0.25, 0.3) is 0 Å². The van der Waals surface area contributed by atoms with Crippen molar-refractivity contribution in [2.45, 2.75) is 12.0 Å². The highest BCUT2D eigenvalue weighted by atomic mass is 16.5. The van der Waals surface area contributed by atoms with Crippen molar-refractivity contribution in [2.24, 2.45) is 0 Å². The molecule has 0 amide bonds. The molecule has 0 N–H and O–H groups in total. The van der Waals surface area contributed by atoms with Crippen molar-refractivity contribution >= 4 is 32.3 Å². The maximum absolute atomic E-state index is 6.75. The van der Waals surface area contributed by atoms with Gasteiger partial charge in [0.05, 0.1) is 0 Å². The molecule has 0 saturated carbocycles. The summed E-state index contributed by atoms with van der Waals surface area (Å²) in [6, 6.07) is 57.6. The number of rotatable bonds is 4. The molecule has 0 saturated heterocycles. The molecule has 0 spiro atoms. The molecule has 1 aliphatic carbocycles. The fraction of sp³-hybridized carbons (Fsp3) is 0.0417. The van der Waals surface area contributed by atoms with E-state index in [4.69, 9.17) is 4.74 Å². The van der Waals surface area contributed by atoms with Crippen molar-refractivity contribution in [1.82, 2.24) is 0 Å². The van der Waals surface area contributed by atoms with Crippen molar-refractivity contribution < 1.29 is 4.74 Å². The molecule has 0 bridgehead atoms. The summed E-state index contributed by atoms with van der Waals surface area (Å²) in [5.41, 5.74) is 11.1. The molecule has 1 heteroatoms. The predicted molar refractivity (Wildman–Crippen MR) is 206 cm³/mol. The Labute approximate surface area is 286 Å². The lowest BCUT2D eigenvalue weighted by molar-refractivity contribution is 0.269. The number of fused-ring (bicyclic) bond motifs is 6. The Balaban J connectivity index is 1.25. The summed E-state index contributed by atoms with van der Waals surface area (Å²) in [7, 11) is 0. The van der Waals surface area contributed by atoms with E-state index in [0.717, 1.165) is 5.75 Å². The largest absolute Gasteiger partial charge is 0.485 e. The quantitative estimate of drug-likeness (QED) is 0.177. The van der Waals surface area contributed by atoms with E-state index in [2.05, 4.69) is 182 Å². The van der Waals surface area contributed by atoms with Gasteiger partial charge < -0.3 is 4.74 Å². The fourth-order valence-electron chi connectivity index (χ4n) is 8.11. The number of ether oxygens (including phenoxy) is 1. The Morgan fingerprint density at radius 2 is 0.959 bits per heavy atom. The Morgan fingerprint density at radius 1 is 0.388 bits per heavy atom. The van der Waals surface area contributed by atoms with Crippen molar-refractivity contribution in [2.75, 3.05) is 0 Å². The first kappa shape index (κ1) is 27.9. The van der Waals surface area contributed by atoms with Crippen LogP contribution in [0.4, 0.5) is 0 Å². The summed E-state index contributed by atoms with van der Waals surface area (Å²) in [5, 5.41) is 7.49. The summed E-state index contributed by atoms with van der Waals surface area (Å²) >= 11 is 0. The van der Waals surface area contributed by atoms with Crippen LogP contribution in [-0.2, 0) is 0 Å². The van der Waals surface area contributed by atoms with Gasteiger partial charge in [-0.05, 0) is 101 Å². The third kappa shape index (κ3) is 4.54. The number of hydrogen-bond donors (Lipinski definition) is 0. The first-order valence-electron chi connectivity index (χ1n) is 17.1. The van der Waals surface area contributed by atoms with Crippen LogP contribution in [0.2, 0.25) is 0 Å². The van der Waals surface area contributed by atoms with Gasteiger partial charge in [-0.25, -0.2) is 0 Å². The molecule has 0 radical (unpaired) electrons. The highest BCUT2D eigenvalue weighted by Gasteiger charge is 2.36. The van der Waals surface area contributed by atoms with Gasteiger partial charge >= 0.3 is 0 Å². The summed E-state index contributed by atoms with van der Waals surface area (Å²) in [4.78, 5) is 0. The third-order valence-corrected chi connectivity index (χ3v) is 10.4. The highest BCUT2D eigenvalue weighted by molar-refractivity contribution is 6.22. The molecule has 2 atom stereocenters. The zero-order chi connectivity index (χ0) is 32.3. The van der Waals surface area contributed by atoms with E-state index < -0.39 is 0 Å². The van der Waals surface area contributed by atoms with Crippen LogP contribution < -0.4 is 4.74 Å². The number of hydrogen-bond acceptors (Lipinski definition) is 1. The van der Waals surface area contributed by atoms with Crippen LogP contribution in [0.25, 0.3) is 76.8 Å². The first-order chi connectivity index (χ1) is 24.3. The molecule has 230 valence electrons. The van der Waals surface area contributed by atoms with E-state index in [-0.39, 0.29) is 12.0 Å². The van der Waals surface area contributed by atoms with Crippen LogP contribution in [0.3, 0.4) is 0 Å². The molecular formula is C48H32O. The van der Waals surface area contributed by atoms with Gasteiger partial charge in [0.1, 0.15) is 11.9 Å². The minimum absolute atomic E-state index is 0.00876. The number of allylic oxidation sites excluding steroid dienone is 2. The third-order valence-electron chi connectivity index (χ3n) is 10.4. The van der Waals surface area contributed by atoms with E-state index in [1.807, 2.05) is 0 Å². The van der Waals surface area contributed by atoms with Gasteiger partial charge in [0.2, 0.25) is 0 Å². The SMILES string of the molecule is C1=CC2Oc3cc(-c4ccc5ccccc5c4)cc(-c4c5ccccc5c(-c5ccc(-c6ccccc6)cc5)c5ccccc45)c3C2C=C1. The van der Waals surface area contributed by atoms with Crippen LogP contribution in [0.5, 0.6) is 5.75 Å². The molecule has 8 aromatic rings. The Hall–Kier alpha value is -6.18. The average molecular weight is 625 g/mol. The van der Waals surface area contributed by atoms with Gasteiger partial charge in [-0.1, -0.05) is 158 Å². The predicted octanol–water partition coefficient (Wildman–Crippen LogP) is 12.8. The van der Waals surface area contributed by atoms with E-state index in [9.17, 15) is 0 Å². The molecule has 1 nitrogen and oxygen atoms in total. The zero-order valence-corrected chi connectivity index (χ0v) is 26.9. The van der Waals surface area contributed by atoms with Gasteiger partial charge in [0.15, 0.2) is 0 Å². The molecule has 8 aromatic carbocycles. The van der Waals surface area contributed by atoms with Crippen LogP contribution in [0.1, 0.15) is 11.5 Å². The second-order valence-electron chi connectivity index (χ2n) is 13.2. The van der Waals surface area contributed by atoms with E-state index >= 15 is 0 Å². The Bertz CT molecular complexity index is 2570. The van der Waals surface area contributed by atoms with E-state index in [0.29, 0.717) is 0 Å². The Morgan fingerprint density at radius 3 is 1.69 bits per heavy atom. The van der Waals surface area contributed by atoms with Crippen LogP contribution in [0, 0.1) is 0 Å². The summed E-state index contributed by atoms with van der Waals surface area (Å²) in [5.74, 6) is 1.13. The molecule has 0 fully saturated rings. The van der Waals surface area contributed by atoms with Gasteiger partial charge in [-0.2, -0.15) is 0 Å². The second kappa shape index (κ2) is 11.2. The zero-order valence-electron chi connectivity index (χ0n) is 26.9. The fourth-order valence-corrected chi connectivity index (χ4v) is 8.11. The molecule has 10 rings (SSSR count). The highest BCUT2D eigenvalue weighted by Crippen LogP contribution is 2.52. The lowest BCUT2D eigenvalue weighted by Gasteiger charge is -2.21. The molecule has 0 aromatic heterocycles. The maximum Gasteiger partial charge on any atom is 0.128 e. The molecule has 49 heavy (non-hydrogen) atoms. The standard InChI is InChI=1S/C48H32O/c1-2-12-31(13-3-1)33-22-25-34(26-23-33)46-38-16-6-8-18-40(38)47(41-19-9-7-17-39(41)46)43-29-37(36-27-24-32-14-4-5-15-35(32)28-36)30-45-48(43)42-20-10-11-21-44(42)49-45/h1-30,42,44H. The minimum atomic E-state index is -0.00876. The second-order valence-corrected chi connectivity index (χ2v) is 13.2. The molecular weight excluding hydrogens is 593 g/mol. The van der Waals surface area contributed by atoms with Crippen LogP contribution in [-0.4, -0.2) is 6.10 Å². The van der Waals surface area contributed by atoms with Crippen LogP contribution in [0.15, 0.2) is 182 Å². The van der Waals surface area contributed by atoms with Crippen molar-refractivity contribution in [3.63, 3.8) is 0 Å². The van der Waals surface area contributed by atoms with Crippen molar-refractivity contribution in [1.29, 1.82) is 0 Å². The van der Waals surface area contributed by atoms with Crippen molar-refractivity contribution in [3.05, 3.63) is 188 Å². The first-order valence-corrected chi connectivity index (χ1v) is 17.1. The molecule has 2 unspecified atom stereocenters. The normalized spacial score (nSPS) is 16.2. The van der Waals surface area contributed by atoms with Gasteiger partial charge in [-0.3, -0.25) is 0 Å². The van der Waals surface area contributed by atoms with Crippen molar-refractivity contribution in [3.8, 4) is 50.3 Å². The molecule has 1 aliphatic heterocycles. The Kier molecular flexibility index (Phi) is 6.38. The van der Waals surface area contributed by atoms with E-state index in [1.165, 1.54) is 82.4 Å². The minimum Gasteiger partial charge on any atom is -0.485 e. The molecule has 1 heterocycles. The van der Waals surface area contributed by atoms with E-state index in [1.54, 1.807) is 0 Å². The average Bonchev–Trinajstić information content (AvgIpc) is 3.56. The summed E-state index contributed by atoms with van der Waals surface area (Å²) < 4.78 is 6.75. The summed E-state index contributed by atoms with van der Waals surface area (Å²) in [6.45, 7) is 0. The summed E-state index contributed by atoms with van der Waals surface area (Å²) in [6.07, 6.45) is 8.77. The van der Waals surface area contributed by atoms with Gasteiger partial charge in [-0.15, -0.1) is 0 Å². The topological polar surface area (TPSA) is 9.23 Å². The number of benzene rings is 8.